The first kappa shape index (κ1) is 11.3. The molecule has 2 heteroatoms. The van der Waals surface area contributed by atoms with Crippen LogP contribution >= 0.6 is 22.6 Å². The molecule has 2 aromatic carbocycles. The lowest BCUT2D eigenvalue weighted by Crippen LogP contribution is -1.75. The van der Waals surface area contributed by atoms with E-state index < -0.39 is 0 Å². The third-order valence-electron chi connectivity index (χ3n) is 2.21. The Labute approximate surface area is 108 Å². The Morgan fingerprint density at radius 2 is 1.19 bits per heavy atom. The van der Waals surface area contributed by atoms with Gasteiger partial charge in [-0.2, -0.15) is 0 Å². The molecule has 0 atom stereocenters. The highest BCUT2D eigenvalue weighted by molar-refractivity contribution is 14.1. The van der Waals surface area contributed by atoms with E-state index in [1.807, 2.05) is 12.2 Å². The second-order valence-corrected chi connectivity index (χ2v) is 4.68. The van der Waals surface area contributed by atoms with Crippen molar-refractivity contribution in [3.63, 3.8) is 0 Å². The van der Waals surface area contributed by atoms with Crippen LogP contribution in [0.4, 0.5) is 4.39 Å². The highest BCUT2D eigenvalue weighted by Gasteiger charge is 1.90. The first-order chi connectivity index (χ1) is 7.74. The van der Waals surface area contributed by atoms with Gasteiger partial charge in [0.2, 0.25) is 0 Å². The summed E-state index contributed by atoms with van der Waals surface area (Å²) in [6, 6.07) is 14.7. The second-order valence-electron chi connectivity index (χ2n) is 3.44. The zero-order chi connectivity index (χ0) is 11.4. The largest absolute Gasteiger partial charge is 0.207 e. The van der Waals surface area contributed by atoms with Crippen molar-refractivity contribution in [3.05, 3.63) is 69.0 Å². The van der Waals surface area contributed by atoms with Gasteiger partial charge < -0.3 is 0 Å². The molecule has 0 unspecified atom stereocenters. The van der Waals surface area contributed by atoms with Crippen LogP contribution in [0.5, 0.6) is 0 Å². The van der Waals surface area contributed by atoms with E-state index in [4.69, 9.17) is 0 Å². The summed E-state index contributed by atoms with van der Waals surface area (Å²) in [7, 11) is 0. The molecule has 0 radical (unpaired) electrons. The quantitative estimate of drug-likeness (QED) is 0.559. The van der Waals surface area contributed by atoms with Crippen LogP contribution in [-0.2, 0) is 0 Å². The molecule has 0 aromatic heterocycles. The molecular weight excluding hydrogens is 314 g/mol. The average Bonchev–Trinajstić information content (AvgIpc) is 2.30. The molecule has 2 aromatic rings. The molecule has 0 fully saturated rings. The van der Waals surface area contributed by atoms with Gasteiger partial charge >= 0.3 is 0 Å². The normalized spacial score (nSPS) is 10.9. The topological polar surface area (TPSA) is 0 Å². The summed E-state index contributed by atoms with van der Waals surface area (Å²) < 4.78 is 13.9. The van der Waals surface area contributed by atoms with Crippen LogP contribution in [0.25, 0.3) is 12.2 Å². The summed E-state index contributed by atoms with van der Waals surface area (Å²) in [5, 5.41) is 0. The maximum atomic E-state index is 12.7. The SMILES string of the molecule is Fc1ccc(/C=C/c2ccc(I)cc2)cc1. The maximum absolute atomic E-state index is 12.7. The van der Waals surface area contributed by atoms with Crippen molar-refractivity contribution in [2.24, 2.45) is 0 Å². The Morgan fingerprint density at radius 3 is 1.69 bits per heavy atom. The van der Waals surface area contributed by atoms with Crippen LogP contribution < -0.4 is 0 Å². The number of hydrogen-bond donors (Lipinski definition) is 0. The Balaban J connectivity index is 2.15. The molecular formula is C14H10FI. The van der Waals surface area contributed by atoms with Crippen molar-refractivity contribution >= 4 is 34.7 Å². The van der Waals surface area contributed by atoms with Crippen molar-refractivity contribution in [1.82, 2.24) is 0 Å². The highest BCUT2D eigenvalue weighted by atomic mass is 127. The lowest BCUT2D eigenvalue weighted by atomic mass is 10.1. The minimum Gasteiger partial charge on any atom is -0.207 e. The first-order valence-corrected chi connectivity index (χ1v) is 6.01. The molecule has 0 aliphatic rings. The molecule has 0 aliphatic heterocycles. The third kappa shape index (κ3) is 3.17. The van der Waals surface area contributed by atoms with Gasteiger partial charge in [-0.1, -0.05) is 36.4 Å². The Bertz CT molecular complexity index is 436. The van der Waals surface area contributed by atoms with Crippen molar-refractivity contribution < 1.29 is 4.39 Å². The van der Waals surface area contributed by atoms with E-state index in [1.54, 1.807) is 12.1 Å². The van der Waals surface area contributed by atoms with Gasteiger partial charge in [-0.3, -0.25) is 0 Å². The lowest BCUT2D eigenvalue weighted by molar-refractivity contribution is 0.628. The second kappa shape index (κ2) is 5.25. The molecule has 0 bridgehead atoms. The van der Waals surface area contributed by atoms with Crippen molar-refractivity contribution in [2.75, 3.05) is 0 Å². The van der Waals surface area contributed by atoms with Crippen LogP contribution in [0.2, 0.25) is 0 Å². The van der Waals surface area contributed by atoms with E-state index in [2.05, 4.69) is 46.9 Å². The third-order valence-corrected chi connectivity index (χ3v) is 2.93. The monoisotopic (exact) mass is 324 g/mol. The fourth-order valence-corrected chi connectivity index (χ4v) is 1.70. The number of hydrogen-bond acceptors (Lipinski definition) is 0. The van der Waals surface area contributed by atoms with Gasteiger partial charge in [-0.25, -0.2) is 4.39 Å². The summed E-state index contributed by atoms with van der Waals surface area (Å²) >= 11 is 2.27. The number of benzene rings is 2. The summed E-state index contributed by atoms with van der Waals surface area (Å²) in [5.41, 5.74) is 2.14. The molecule has 0 saturated carbocycles. The summed E-state index contributed by atoms with van der Waals surface area (Å²) in [6.45, 7) is 0. The van der Waals surface area contributed by atoms with Crippen molar-refractivity contribution in [2.45, 2.75) is 0 Å². The van der Waals surface area contributed by atoms with Crippen LogP contribution in [-0.4, -0.2) is 0 Å². The van der Waals surface area contributed by atoms with Crippen LogP contribution in [0.1, 0.15) is 11.1 Å². The van der Waals surface area contributed by atoms with E-state index in [0.717, 1.165) is 11.1 Å². The molecule has 0 saturated heterocycles. The Morgan fingerprint density at radius 1 is 0.750 bits per heavy atom. The van der Waals surface area contributed by atoms with E-state index >= 15 is 0 Å². The van der Waals surface area contributed by atoms with E-state index in [1.165, 1.54) is 15.7 Å². The van der Waals surface area contributed by atoms with Gasteiger partial charge in [0.25, 0.3) is 0 Å². The standard InChI is InChI=1S/C14H10FI/c15-13-7-3-11(4-8-13)1-2-12-5-9-14(16)10-6-12/h1-10H/b2-1+. The number of halogens is 2. The van der Waals surface area contributed by atoms with Crippen LogP contribution in [0, 0.1) is 9.39 Å². The van der Waals surface area contributed by atoms with Gasteiger partial charge in [0.1, 0.15) is 5.82 Å². The molecule has 16 heavy (non-hydrogen) atoms. The van der Waals surface area contributed by atoms with Crippen LogP contribution in [0.3, 0.4) is 0 Å². The molecule has 0 nitrogen and oxygen atoms in total. The lowest BCUT2D eigenvalue weighted by Gasteiger charge is -1.95. The molecule has 2 rings (SSSR count). The van der Waals surface area contributed by atoms with E-state index in [9.17, 15) is 4.39 Å². The first-order valence-electron chi connectivity index (χ1n) is 4.93. The van der Waals surface area contributed by atoms with Crippen molar-refractivity contribution in [1.29, 1.82) is 0 Å². The van der Waals surface area contributed by atoms with Gasteiger partial charge in [-0.15, -0.1) is 0 Å². The minimum atomic E-state index is -0.202. The van der Waals surface area contributed by atoms with E-state index in [-0.39, 0.29) is 5.82 Å². The van der Waals surface area contributed by atoms with Crippen molar-refractivity contribution in [3.8, 4) is 0 Å². The average molecular weight is 324 g/mol. The summed E-state index contributed by atoms with van der Waals surface area (Å²) in [5.74, 6) is -0.202. The predicted octanol–water partition coefficient (Wildman–Crippen LogP) is 4.60. The molecule has 0 heterocycles. The molecule has 0 N–H and O–H groups in total. The number of rotatable bonds is 2. The fourth-order valence-electron chi connectivity index (χ4n) is 1.34. The van der Waals surface area contributed by atoms with E-state index in [0.29, 0.717) is 0 Å². The van der Waals surface area contributed by atoms with Gasteiger partial charge in [-0.05, 0) is 58.0 Å². The summed E-state index contributed by atoms with van der Waals surface area (Å²) in [6.07, 6.45) is 3.99. The van der Waals surface area contributed by atoms with Gasteiger partial charge in [0.15, 0.2) is 0 Å². The van der Waals surface area contributed by atoms with Gasteiger partial charge in [0, 0.05) is 3.57 Å². The Hall–Kier alpha value is -1.16. The van der Waals surface area contributed by atoms with Crippen LogP contribution in [0.15, 0.2) is 48.5 Å². The minimum absolute atomic E-state index is 0.202. The smallest absolute Gasteiger partial charge is 0.123 e. The highest BCUT2D eigenvalue weighted by Crippen LogP contribution is 2.11. The molecule has 0 amide bonds. The summed E-state index contributed by atoms with van der Waals surface area (Å²) in [4.78, 5) is 0. The zero-order valence-corrected chi connectivity index (χ0v) is 10.7. The predicted molar refractivity (Wildman–Crippen MR) is 74.5 cm³/mol. The Kier molecular flexibility index (Phi) is 3.72. The molecule has 80 valence electrons. The molecule has 0 spiro atoms. The zero-order valence-electron chi connectivity index (χ0n) is 8.53. The fraction of sp³-hybridized carbons (Fsp3) is 0. The van der Waals surface area contributed by atoms with Gasteiger partial charge in [0.05, 0.1) is 0 Å². The maximum Gasteiger partial charge on any atom is 0.123 e. The molecule has 0 aliphatic carbocycles.